The van der Waals surface area contributed by atoms with Crippen molar-refractivity contribution in [3.63, 3.8) is 0 Å². The van der Waals surface area contributed by atoms with Gasteiger partial charge >= 0.3 is 5.97 Å². The highest BCUT2D eigenvalue weighted by Crippen LogP contribution is 2.39. The van der Waals surface area contributed by atoms with Gasteiger partial charge in [-0.05, 0) is 50.3 Å². The van der Waals surface area contributed by atoms with Gasteiger partial charge in [0.2, 0.25) is 0 Å². The molecule has 8 nitrogen and oxygen atoms in total. The van der Waals surface area contributed by atoms with E-state index in [9.17, 15) is 14.0 Å². The second kappa shape index (κ2) is 11.7. The van der Waals surface area contributed by atoms with Crippen LogP contribution in [-0.2, 0) is 19.1 Å². The number of rotatable bonds is 8. The summed E-state index contributed by atoms with van der Waals surface area (Å²) in [5, 5.41) is 5.97. The van der Waals surface area contributed by atoms with E-state index in [-0.39, 0.29) is 30.3 Å². The van der Waals surface area contributed by atoms with Crippen LogP contribution in [0.1, 0.15) is 49.7 Å². The maximum absolute atomic E-state index is 14.0. The molecule has 202 valence electrons. The molecule has 0 aliphatic carbocycles. The Morgan fingerprint density at radius 3 is 2.68 bits per heavy atom. The zero-order valence-corrected chi connectivity index (χ0v) is 23.7. The van der Waals surface area contributed by atoms with Crippen LogP contribution in [0.15, 0.2) is 50.5 Å². The van der Waals surface area contributed by atoms with Crippen LogP contribution in [0.2, 0.25) is 0 Å². The normalized spacial score (nSPS) is 25.5. The molecular weight excluding hydrogens is 575 g/mol. The number of carbonyl (C=O) groups is 2. The van der Waals surface area contributed by atoms with Gasteiger partial charge in [0.15, 0.2) is 10.8 Å². The van der Waals surface area contributed by atoms with E-state index in [1.807, 2.05) is 5.38 Å². The number of nitrogens with one attached hydrogen (secondary N) is 1. The van der Waals surface area contributed by atoms with Crippen LogP contribution in [0.4, 0.5) is 4.39 Å². The Hall–Kier alpha value is -2.47. The highest BCUT2D eigenvalue weighted by atomic mass is 79.9. The number of hydrogen-bond donors (Lipinski definition) is 1. The van der Waals surface area contributed by atoms with E-state index in [0.29, 0.717) is 64.2 Å². The summed E-state index contributed by atoms with van der Waals surface area (Å²) in [7, 11) is 0. The van der Waals surface area contributed by atoms with Gasteiger partial charge in [-0.25, -0.2) is 14.2 Å². The summed E-state index contributed by atoms with van der Waals surface area (Å²) < 4.78 is 25.9. The van der Waals surface area contributed by atoms with E-state index in [0.717, 1.165) is 12.8 Å². The van der Waals surface area contributed by atoms with Crippen molar-refractivity contribution < 1.29 is 23.5 Å². The predicted molar refractivity (Wildman–Crippen MR) is 145 cm³/mol. The Labute approximate surface area is 233 Å². The van der Waals surface area contributed by atoms with Crippen LogP contribution in [0.25, 0.3) is 0 Å². The Morgan fingerprint density at radius 1 is 1.29 bits per heavy atom. The van der Waals surface area contributed by atoms with Gasteiger partial charge in [0.25, 0.3) is 0 Å². The molecule has 1 N–H and O–H groups in total. The second-order valence-corrected chi connectivity index (χ2v) is 11.6. The zero-order valence-electron chi connectivity index (χ0n) is 21.3. The van der Waals surface area contributed by atoms with E-state index in [1.165, 1.54) is 23.5 Å². The maximum atomic E-state index is 14.0. The number of Topliss-reactive ketones (excluding diaryl/α,β-unsaturated/α-hetero) is 1. The number of ether oxygens (including phenoxy) is 2. The monoisotopic (exact) mass is 604 g/mol. The summed E-state index contributed by atoms with van der Waals surface area (Å²) in [4.78, 5) is 37.0. The first kappa shape index (κ1) is 27.1. The summed E-state index contributed by atoms with van der Waals surface area (Å²) in [6.45, 7) is 5.24. The Bertz CT molecular complexity index is 1250. The second-order valence-electron chi connectivity index (χ2n) is 9.88. The summed E-state index contributed by atoms with van der Waals surface area (Å²) >= 11 is 4.92. The fourth-order valence-corrected chi connectivity index (χ4v) is 6.84. The third-order valence-corrected chi connectivity index (χ3v) is 8.67. The van der Waals surface area contributed by atoms with Gasteiger partial charge in [-0.2, -0.15) is 0 Å². The van der Waals surface area contributed by atoms with E-state index in [1.54, 1.807) is 26.1 Å². The number of thiazole rings is 1. The van der Waals surface area contributed by atoms with Gasteiger partial charge < -0.3 is 19.6 Å². The lowest BCUT2D eigenvalue weighted by Crippen LogP contribution is -2.58. The van der Waals surface area contributed by atoms with Gasteiger partial charge in [-0.3, -0.25) is 9.89 Å². The molecule has 2 bridgehead atoms. The molecule has 2 saturated heterocycles. The van der Waals surface area contributed by atoms with Crippen molar-refractivity contribution in [2.45, 2.75) is 51.2 Å². The van der Waals surface area contributed by atoms with Crippen LogP contribution < -0.4 is 5.32 Å². The molecule has 1 aromatic heterocycles. The lowest BCUT2D eigenvalue weighted by Gasteiger charge is -2.49. The number of aromatic nitrogens is 1. The number of nitrogens with zero attached hydrogens (tertiary/aromatic N) is 3. The van der Waals surface area contributed by atoms with Crippen molar-refractivity contribution >= 4 is 44.9 Å². The lowest BCUT2D eigenvalue weighted by atomic mass is 9.82. The van der Waals surface area contributed by atoms with Gasteiger partial charge in [-0.1, -0.05) is 22.0 Å². The van der Waals surface area contributed by atoms with E-state index in [2.05, 4.69) is 31.1 Å². The van der Waals surface area contributed by atoms with E-state index >= 15 is 0 Å². The van der Waals surface area contributed by atoms with Crippen LogP contribution in [0, 0.1) is 11.7 Å². The molecule has 3 aliphatic heterocycles. The van der Waals surface area contributed by atoms with Crippen molar-refractivity contribution in [2.24, 2.45) is 10.9 Å². The molecule has 0 saturated carbocycles. The number of hydrogen-bond acceptors (Lipinski definition) is 9. The smallest absolute Gasteiger partial charge is 0.338 e. The molecule has 38 heavy (non-hydrogen) atoms. The van der Waals surface area contributed by atoms with Gasteiger partial charge in [0, 0.05) is 46.8 Å². The van der Waals surface area contributed by atoms with Crippen LogP contribution in [0.3, 0.4) is 0 Å². The molecule has 11 heteroatoms. The number of piperidine rings is 1. The maximum Gasteiger partial charge on any atom is 0.338 e. The van der Waals surface area contributed by atoms with Gasteiger partial charge in [0.05, 0.1) is 25.4 Å². The SMILES string of the molecule is CCOC(=O)C1=C(CN2[C@@H]3COC[C@H]2CC(CC(C)=O)C3)NC(c2nccs2)=N[C@H]1c1ccc(F)cc1Br. The van der Waals surface area contributed by atoms with Gasteiger partial charge in [0.1, 0.15) is 17.6 Å². The number of fused-ring (bicyclic) bond motifs is 2. The topological polar surface area (TPSA) is 93.1 Å². The van der Waals surface area contributed by atoms with Crippen molar-refractivity contribution in [2.75, 3.05) is 26.4 Å². The Kier molecular flexibility index (Phi) is 8.37. The summed E-state index contributed by atoms with van der Waals surface area (Å²) in [6.07, 6.45) is 4.01. The van der Waals surface area contributed by atoms with Crippen LogP contribution in [0.5, 0.6) is 0 Å². The number of morpholine rings is 1. The number of amidine groups is 1. The van der Waals surface area contributed by atoms with Crippen molar-refractivity contribution in [3.8, 4) is 0 Å². The molecule has 3 aliphatic rings. The fourth-order valence-electron chi connectivity index (χ4n) is 5.68. The third kappa shape index (κ3) is 5.75. The molecule has 4 atom stereocenters. The zero-order chi connectivity index (χ0) is 26.8. The number of carbonyl (C=O) groups excluding carboxylic acids is 2. The molecule has 5 rings (SSSR count). The first-order valence-corrected chi connectivity index (χ1v) is 14.4. The van der Waals surface area contributed by atoms with Crippen LogP contribution >= 0.6 is 27.3 Å². The van der Waals surface area contributed by atoms with Crippen LogP contribution in [-0.4, -0.2) is 65.9 Å². The quantitative estimate of drug-likeness (QED) is 0.446. The fraction of sp³-hybridized carbons (Fsp3) is 0.481. The summed E-state index contributed by atoms with van der Waals surface area (Å²) in [5.74, 6) is 0.238. The number of aliphatic imine (C=N–C) groups is 1. The van der Waals surface area contributed by atoms with Crippen molar-refractivity contribution in [1.29, 1.82) is 0 Å². The predicted octanol–water partition coefficient (Wildman–Crippen LogP) is 4.41. The van der Waals surface area contributed by atoms with Gasteiger partial charge in [-0.15, -0.1) is 11.3 Å². The highest BCUT2D eigenvalue weighted by Gasteiger charge is 2.42. The Morgan fingerprint density at radius 2 is 2.05 bits per heavy atom. The first-order valence-electron chi connectivity index (χ1n) is 12.8. The number of esters is 1. The number of benzene rings is 1. The largest absolute Gasteiger partial charge is 0.463 e. The summed E-state index contributed by atoms with van der Waals surface area (Å²) in [5.41, 5.74) is 1.74. The van der Waals surface area contributed by atoms with Crippen molar-refractivity contribution in [1.82, 2.24) is 15.2 Å². The minimum Gasteiger partial charge on any atom is -0.463 e. The molecule has 2 fully saturated rings. The number of halogens is 2. The lowest BCUT2D eigenvalue weighted by molar-refractivity contribution is -0.139. The van der Waals surface area contributed by atoms with E-state index < -0.39 is 12.0 Å². The molecule has 1 unspecified atom stereocenters. The Balaban J connectivity index is 1.55. The number of ketones is 1. The molecule has 4 heterocycles. The van der Waals surface area contributed by atoms with Crippen molar-refractivity contribution in [3.05, 3.63) is 61.9 Å². The molecule has 0 spiro atoms. The molecular formula is C27H30BrFN4O4S. The first-order chi connectivity index (χ1) is 18.3. The standard InChI is InChI=1S/C27H30BrFN4O4S/c1-3-37-27(35)23-22(12-33-18-9-16(8-15(2)34)10-19(33)14-36-13-18)31-25(26-30-6-7-38-26)32-24(23)20-5-4-17(29)11-21(20)28/h4-7,11,16,18-19,24H,3,8-10,12-14H2,1-2H3,(H,31,32)/t16?,18-,19+,24-/m0/s1. The molecule has 2 aromatic rings. The third-order valence-electron chi connectivity index (χ3n) is 7.20. The molecule has 0 amide bonds. The highest BCUT2D eigenvalue weighted by molar-refractivity contribution is 9.10. The molecule has 1 aromatic carbocycles. The molecule has 0 radical (unpaired) electrons. The van der Waals surface area contributed by atoms with E-state index in [4.69, 9.17) is 14.5 Å². The average Bonchev–Trinajstić information content (AvgIpc) is 3.39. The average molecular weight is 606 g/mol. The minimum atomic E-state index is -0.717. The summed E-state index contributed by atoms with van der Waals surface area (Å²) in [6, 6.07) is 3.92. The minimum absolute atomic E-state index is 0.128.